The Morgan fingerprint density at radius 1 is 1.17 bits per heavy atom. The maximum atomic E-state index is 5.55. The molecule has 0 saturated carbocycles. The predicted octanol–water partition coefficient (Wildman–Crippen LogP) is 2.14. The number of ether oxygens (including phenoxy) is 1. The van der Waals surface area contributed by atoms with Crippen LogP contribution in [0.15, 0.2) is 24.3 Å². The monoisotopic (exact) mass is 246 g/mol. The minimum atomic E-state index is 0.652. The van der Waals surface area contributed by atoms with Crippen LogP contribution in [0.2, 0.25) is 0 Å². The predicted molar refractivity (Wildman–Crippen MR) is 74.0 cm³/mol. The molecule has 1 aromatic rings. The molecule has 1 unspecified atom stereocenters. The maximum Gasteiger partial charge on any atom is 0.0593 e. The summed E-state index contributed by atoms with van der Waals surface area (Å²) in [6.45, 7) is 5.16. The summed E-state index contributed by atoms with van der Waals surface area (Å²) in [6.07, 6.45) is 3.61. The summed E-state index contributed by atoms with van der Waals surface area (Å²) < 4.78 is 5.55. The minimum absolute atomic E-state index is 0.652. The molecule has 1 saturated heterocycles. The lowest BCUT2D eigenvalue weighted by Crippen LogP contribution is -2.41. The molecule has 0 radical (unpaired) electrons. The zero-order valence-corrected chi connectivity index (χ0v) is 10.9. The molecule has 0 spiro atoms. The molecule has 2 heterocycles. The Bertz CT molecular complexity index is 359. The van der Waals surface area contributed by atoms with E-state index in [9.17, 15) is 0 Å². The first-order valence-corrected chi connectivity index (χ1v) is 7.07. The highest BCUT2D eigenvalue weighted by Crippen LogP contribution is 2.23. The molecule has 2 aliphatic rings. The van der Waals surface area contributed by atoms with E-state index in [0.717, 1.165) is 26.3 Å². The second-order valence-corrected chi connectivity index (χ2v) is 5.23. The molecule has 3 rings (SSSR count). The van der Waals surface area contributed by atoms with Gasteiger partial charge in [0.25, 0.3) is 0 Å². The van der Waals surface area contributed by atoms with Gasteiger partial charge >= 0.3 is 0 Å². The fraction of sp³-hybridized carbons (Fsp3) is 0.600. The van der Waals surface area contributed by atoms with Crippen molar-refractivity contribution in [2.45, 2.75) is 25.3 Å². The summed E-state index contributed by atoms with van der Waals surface area (Å²) in [7, 11) is 0. The molecule has 1 N–H and O–H groups in total. The van der Waals surface area contributed by atoms with Gasteiger partial charge in [0, 0.05) is 38.0 Å². The summed E-state index contributed by atoms with van der Waals surface area (Å²) >= 11 is 0. The summed E-state index contributed by atoms with van der Waals surface area (Å²) in [4.78, 5) is 2.60. The number of fused-ring (bicyclic) bond motifs is 1. The second-order valence-electron chi connectivity index (χ2n) is 5.23. The van der Waals surface area contributed by atoms with Gasteiger partial charge in [0.05, 0.1) is 6.61 Å². The van der Waals surface area contributed by atoms with Crippen LogP contribution in [0.1, 0.15) is 18.4 Å². The SMILES string of the molecule is c1ccc2c(c1)CCC(N1CCCOCC1)CN2. The Hall–Kier alpha value is -1.06. The Kier molecular flexibility index (Phi) is 3.81. The lowest BCUT2D eigenvalue weighted by Gasteiger charge is -2.29. The zero-order valence-electron chi connectivity index (χ0n) is 10.9. The molecule has 1 aromatic carbocycles. The first-order chi connectivity index (χ1) is 8.93. The summed E-state index contributed by atoms with van der Waals surface area (Å²) in [5, 5.41) is 3.61. The number of benzene rings is 1. The molecule has 18 heavy (non-hydrogen) atoms. The standard InChI is InChI=1S/C15H22N2O/c1-2-5-15-13(4-1)6-7-14(12-16-15)17-8-3-10-18-11-9-17/h1-2,4-5,14,16H,3,6-12H2. The molecule has 3 heteroatoms. The van der Waals surface area contributed by atoms with Crippen LogP contribution in [0.25, 0.3) is 0 Å². The van der Waals surface area contributed by atoms with Gasteiger partial charge in [-0.15, -0.1) is 0 Å². The van der Waals surface area contributed by atoms with Crippen LogP contribution in [-0.2, 0) is 11.2 Å². The van der Waals surface area contributed by atoms with E-state index in [0.29, 0.717) is 6.04 Å². The van der Waals surface area contributed by atoms with Crippen molar-refractivity contribution < 1.29 is 4.74 Å². The van der Waals surface area contributed by atoms with Gasteiger partial charge in [0.15, 0.2) is 0 Å². The van der Waals surface area contributed by atoms with E-state index in [1.807, 2.05) is 0 Å². The number of para-hydroxylation sites is 1. The van der Waals surface area contributed by atoms with Crippen molar-refractivity contribution in [3.63, 3.8) is 0 Å². The lowest BCUT2D eigenvalue weighted by molar-refractivity contribution is 0.131. The van der Waals surface area contributed by atoms with E-state index in [4.69, 9.17) is 4.74 Å². The van der Waals surface area contributed by atoms with Gasteiger partial charge in [0.1, 0.15) is 0 Å². The number of anilines is 1. The first kappa shape index (κ1) is 12.0. The molecular formula is C15H22N2O. The number of hydrogen-bond acceptors (Lipinski definition) is 3. The third-order valence-corrected chi connectivity index (χ3v) is 4.07. The number of aryl methyl sites for hydroxylation is 1. The normalized spacial score (nSPS) is 25.7. The van der Waals surface area contributed by atoms with Gasteiger partial charge in [-0.3, -0.25) is 4.90 Å². The molecule has 0 aliphatic carbocycles. The summed E-state index contributed by atoms with van der Waals surface area (Å²) in [6, 6.07) is 9.35. The first-order valence-electron chi connectivity index (χ1n) is 7.07. The van der Waals surface area contributed by atoms with Crippen molar-refractivity contribution in [3.05, 3.63) is 29.8 Å². The van der Waals surface area contributed by atoms with Gasteiger partial charge in [0.2, 0.25) is 0 Å². The average Bonchev–Trinajstić information content (AvgIpc) is 2.79. The highest BCUT2D eigenvalue weighted by atomic mass is 16.5. The third-order valence-electron chi connectivity index (χ3n) is 4.07. The van der Waals surface area contributed by atoms with Crippen LogP contribution in [-0.4, -0.2) is 43.8 Å². The Labute approximate surface area is 109 Å². The van der Waals surface area contributed by atoms with Crippen molar-refractivity contribution in [1.82, 2.24) is 4.90 Å². The topological polar surface area (TPSA) is 24.5 Å². The average molecular weight is 246 g/mol. The van der Waals surface area contributed by atoms with Crippen molar-refractivity contribution in [3.8, 4) is 0 Å². The van der Waals surface area contributed by atoms with Crippen molar-refractivity contribution in [2.24, 2.45) is 0 Å². The van der Waals surface area contributed by atoms with E-state index in [2.05, 4.69) is 34.5 Å². The summed E-state index contributed by atoms with van der Waals surface area (Å²) in [5.74, 6) is 0. The molecule has 2 aliphatic heterocycles. The highest BCUT2D eigenvalue weighted by Gasteiger charge is 2.22. The van der Waals surface area contributed by atoms with Crippen LogP contribution >= 0.6 is 0 Å². The largest absolute Gasteiger partial charge is 0.383 e. The van der Waals surface area contributed by atoms with Gasteiger partial charge in [-0.05, 0) is 30.9 Å². The van der Waals surface area contributed by atoms with Crippen LogP contribution < -0.4 is 5.32 Å². The van der Waals surface area contributed by atoms with Gasteiger partial charge in [-0.1, -0.05) is 18.2 Å². The van der Waals surface area contributed by atoms with Crippen molar-refractivity contribution >= 4 is 5.69 Å². The molecule has 3 nitrogen and oxygen atoms in total. The lowest BCUT2D eigenvalue weighted by atomic mass is 10.1. The number of nitrogens with one attached hydrogen (secondary N) is 1. The quantitative estimate of drug-likeness (QED) is 0.821. The molecule has 0 amide bonds. The van der Waals surface area contributed by atoms with Crippen molar-refractivity contribution in [2.75, 3.05) is 38.2 Å². The molecule has 1 fully saturated rings. The van der Waals surface area contributed by atoms with Crippen LogP contribution in [0, 0.1) is 0 Å². The van der Waals surface area contributed by atoms with Crippen LogP contribution in [0.3, 0.4) is 0 Å². The van der Waals surface area contributed by atoms with Crippen molar-refractivity contribution in [1.29, 1.82) is 0 Å². The Morgan fingerprint density at radius 3 is 3.11 bits per heavy atom. The van der Waals surface area contributed by atoms with E-state index < -0.39 is 0 Å². The number of hydrogen-bond donors (Lipinski definition) is 1. The second kappa shape index (κ2) is 5.72. The minimum Gasteiger partial charge on any atom is -0.383 e. The maximum absolute atomic E-state index is 5.55. The van der Waals surface area contributed by atoms with E-state index in [-0.39, 0.29) is 0 Å². The number of nitrogens with zero attached hydrogens (tertiary/aromatic N) is 1. The smallest absolute Gasteiger partial charge is 0.0593 e. The molecule has 1 atom stereocenters. The van der Waals surface area contributed by atoms with Crippen LogP contribution in [0.5, 0.6) is 0 Å². The fourth-order valence-corrected chi connectivity index (χ4v) is 3.00. The summed E-state index contributed by atoms with van der Waals surface area (Å²) in [5.41, 5.74) is 2.79. The van der Waals surface area contributed by atoms with Gasteiger partial charge in [-0.2, -0.15) is 0 Å². The number of rotatable bonds is 1. The fourth-order valence-electron chi connectivity index (χ4n) is 3.00. The third kappa shape index (κ3) is 2.68. The molecule has 0 bridgehead atoms. The zero-order chi connectivity index (χ0) is 12.2. The van der Waals surface area contributed by atoms with Crippen LogP contribution in [0.4, 0.5) is 5.69 Å². The molecular weight excluding hydrogens is 224 g/mol. The van der Waals surface area contributed by atoms with E-state index in [1.165, 1.54) is 37.1 Å². The van der Waals surface area contributed by atoms with E-state index >= 15 is 0 Å². The van der Waals surface area contributed by atoms with Gasteiger partial charge in [-0.25, -0.2) is 0 Å². The molecule has 0 aromatic heterocycles. The van der Waals surface area contributed by atoms with E-state index in [1.54, 1.807) is 0 Å². The molecule has 98 valence electrons. The Balaban J connectivity index is 1.66. The highest BCUT2D eigenvalue weighted by molar-refractivity contribution is 5.52. The Morgan fingerprint density at radius 2 is 2.11 bits per heavy atom. The van der Waals surface area contributed by atoms with Gasteiger partial charge < -0.3 is 10.1 Å².